The molecule has 0 aromatic heterocycles. The van der Waals surface area contributed by atoms with Crippen LogP contribution in [0.4, 0.5) is 0 Å². The number of rotatable bonds is 15. The van der Waals surface area contributed by atoms with Gasteiger partial charge in [-0.3, -0.25) is 4.79 Å². The number of hydrogen-bond acceptors (Lipinski definition) is 3. The van der Waals surface area contributed by atoms with E-state index in [2.05, 4.69) is 19.1 Å². The van der Waals surface area contributed by atoms with Gasteiger partial charge < -0.3 is 15.3 Å². The molecule has 0 spiro atoms. The Kier molecular flexibility index (Phi) is 40.2. The summed E-state index contributed by atoms with van der Waals surface area (Å²) in [6.45, 7) is 2.26. The molecule has 0 amide bonds. The number of carbonyl (C=O) groups is 3. The van der Waals surface area contributed by atoms with Crippen molar-refractivity contribution in [2.24, 2.45) is 0 Å². The molecule has 0 aromatic carbocycles. The van der Waals surface area contributed by atoms with E-state index in [1.807, 2.05) is 0 Å². The number of hydrogen-bond donors (Lipinski definition) is 3. The normalized spacial score (nSPS) is 9.61. The monoisotopic (exact) mass is 452 g/mol. The van der Waals surface area contributed by atoms with Gasteiger partial charge in [-0.15, -0.1) is 0 Å². The molecule has 0 saturated carbocycles. The summed E-state index contributed by atoms with van der Waals surface area (Å²) in [7, 11) is 0. The molecule has 0 radical (unpaired) electrons. The zero-order chi connectivity index (χ0) is 20.0. The molecule has 0 unspecified atom stereocenters. The third kappa shape index (κ3) is 38.1. The number of carboxylic acids is 3. The molecule has 0 aliphatic heterocycles. The van der Waals surface area contributed by atoms with Gasteiger partial charge in [0.25, 0.3) is 0 Å². The molecule has 156 valence electrons. The van der Waals surface area contributed by atoms with Gasteiger partial charge in [-0.1, -0.05) is 70.4 Å². The van der Waals surface area contributed by atoms with Gasteiger partial charge in [0.15, 0.2) is 0 Å². The molecular formula is C20H38K2O6. The molecule has 0 fully saturated rings. The molecule has 0 atom stereocenters. The first-order valence-electron chi connectivity index (χ1n) is 9.74. The van der Waals surface area contributed by atoms with Crippen molar-refractivity contribution in [3.63, 3.8) is 0 Å². The molecular weight excluding hydrogens is 414 g/mol. The minimum atomic E-state index is -1.82. The van der Waals surface area contributed by atoms with Crippen molar-refractivity contribution in [3.8, 4) is 0 Å². The zero-order valence-electron chi connectivity index (χ0n) is 16.1. The van der Waals surface area contributed by atoms with Gasteiger partial charge in [-0.05, 0) is 32.1 Å². The summed E-state index contributed by atoms with van der Waals surface area (Å²) in [5, 5.41) is 23.3. The molecule has 0 aliphatic rings. The van der Waals surface area contributed by atoms with Crippen LogP contribution < -0.4 is 0 Å². The molecule has 3 N–H and O–H groups in total. The van der Waals surface area contributed by atoms with Crippen LogP contribution in [0.2, 0.25) is 0 Å². The maximum absolute atomic E-state index is 10.3. The first-order valence-corrected chi connectivity index (χ1v) is 9.74. The quantitative estimate of drug-likeness (QED) is 0.150. The van der Waals surface area contributed by atoms with Gasteiger partial charge in [0.2, 0.25) is 0 Å². The van der Waals surface area contributed by atoms with Crippen LogP contribution in [-0.2, 0) is 14.4 Å². The third-order valence-corrected chi connectivity index (χ3v) is 3.84. The van der Waals surface area contributed by atoms with E-state index in [4.69, 9.17) is 24.9 Å². The Balaban J connectivity index is -0.000000312. The van der Waals surface area contributed by atoms with E-state index in [-0.39, 0.29) is 103 Å². The maximum atomic E-state index is 10.3. The van der Waals surface area contributed by atoms with E-state index in [0.717, 1.165) is 12.8 Å². The Morgan fingerprint density at radius 2 is 0.964 bits per heavy atom. The van der Waals surface area contributed by atoms with E-state index in [9.17, 15) is 4.79 Å². The molecule has 0 aliphatic carbocycles. The molecule has 6 nitrogen and oxygen atoms in total. The Hall–Kier alpha value is 1.42. The summed E-state index contributed by atoms with van der Waals surface area (Å²) < 4.78 is 0. The fraction of sp³-hybridized carbons (Fsp3) is 0.750. The van der Waals surface area contributed by atoms with Crippen LogP contribution in [0.1, 0.15) is 96.8 Å². The first kappa shape index (κ1) is 36.8. The third-order valence-electron chi connectivity index (χ3n) is 3.84. The van der Waals surface area contributed by atoms with Crippen molar-refractivity contribution < 1.29 is 29.7 Å². The van der Waals surface area contributed by atoms with Gasteiger partial charge in [0, 0.05) is 6.42 Å². The molecule has 0 rings (SSSR count). The number of aliphatic carboxylic acids is 3. The van der Waals surface area contributed by atoms with Crippen molar-refractivity contribution >= 4 is 121 Å². The van der Waals surface area contributed by atoms with E-state index in [1.54, 1.807) is 0 Å². The average Bonchev–Trinajstić information content (AvgIpc) is 2.58. The first-order chi connectivity index (χ1) is 12.4. The Labute approximate surface area is 255 Å². The van der Waals surface area contributed by atoms with Gasteiger partial charge in [0.1, 0.15) is 0 Å². The number of allylic oxidation sites excluding steroid dienone is 2. The van der Waals surface area contributed by atoms with Crippen LogP contribution >= 0.6 is 0 Å². The second kappa shape index (κ2) is 30.6. The van der Waals surface area contributed by atoms with Crippen LogP contribution in [0.3, 0.4) is 0 Å². The summed E-state index contributed by atoms with van der Waals surface area (Å²) >= 11 is 0. The second-order valence-corrected chi connectivity index (χ2v) is 6.34. The minimum absolute atomic E-state index is 0. The zero-order valence-corrected chi connectivity index (χ0v) is 16.1. The summed E-state index contributed by atoms with van der Waals surface area (Å²) in [5.74, 6) is -4.31. The van der Waals surface area contributed by atoms with Crippen LogP contribution in [-0.4, -0.2) is 136 Å². The summed E-state index contributed by atoms with van der Waals surface area (Å²) in [5.41, 5.74) is 0. The van der Waals surface area contributed by atoms with Crippen LogP contribution in [0.5, 0.6) is 0 Å². The van der Waals surface area contributed by atoms with Gasteiger partial charge in [0.05, 0.1) is 0 Å². The molecule has 28 heavy (non-hydrogen) atoms. The summed E-state index contributed by atoms with van der Waals surface area (Å²) in [6, 6.07) is 0. The summed E-state index contributed by atoms with van der Waals surface area (Å²) in [4.78, 5) is 28.5. The van der Waals surface area contributed by atoms with Crippen molar-refractivity contribution in [3.05, 3.63) is 12.2 Å². The van der Waals surface area contributed by atoms with Crippen molar-refractivity contribution in [1.82, 2.24) is 0 Å². The van der Waals surface area contributed by atoms with Gasteiger partial charge in [-0.25, -0.2) is 9.59 Å². The Morgan fingerprint density at radius 1 is 0.607 bits per heavy atom. The predicted molar refractivity (Wildman–Crippen MR) is 117 cm³/mol. The molecule has 0 aromatic rings. The van der Waals surface area contributed by atoms with Gasteiger partial charge in [-0.2, -0.15) is 0 Å². The predicted octanol–water partition coefficient (Wildman–Crippen LogP) is 3.97. The summed E-state index contributed by atoms with van der Waals surface area (Å²) in [6.07, 6.45) is 21.2. The van der Waals surface area contributed by atoms with Crippen molar-refractivity contribution in [1.29, 1.82) is 0 Å². The molecule has 0 saturated heterocycles. The second-order valence-electron chi connectivity index (χ2n) is 6.34. The molecule has 8 heteroatoms. The van der Waals surface area contributed by atoms with Crippen LogP contribution in [0, 0.1) is 0 Å². The van der Waals surface area contributed by atoms with E-state index in [1.165, 1.54) is 70.6 Å². The number of carboxylic acid groups (broad SMARTS) is 3. The Bertz CT molecular complexity index is 388. The fourth-order valence-corrected chi connectivity index (χ4v) is 2.35. The van der Waals surface area contributed by atoms with Crippen molar-refractivity contribution in [2.45, 2.75) is 96.8 Å². The topological polar surface area (TPSA) is 112 Å². The van der Waals surface area contributed by atoms with E-state index < -0.39 is 17.9 Å². The van der Waals surface area contributed by atoms with Crippen LogP contribution in [0.25, 0.3) is 0 Å². The fourth-order valence-electron chi connectivity index (χ4n) is 2.35. The SMILES string of the molecule is CCCCCCCCC=CCCCCCCCC(=O)O.O=C(O)C(=O)O.[KH].[KH]. The van der Waals surface area contributed by atoms with Crippen molar-refractivity contribution in [2.75, 3.05) is 0 Å². The average molecular weight is 453 g/mol. The van der Waals surface area contributed by atoms with E-state index in [0.29, 0.717) is 6.42 Å². The molecule has 0 heterocycles. The molecule has 0 bridgehead atoms. The Morgan fingerprint density at radius 3 is 1.32 bits per heavy atom. The van der Waals surface area contributed by atoms with Crippen LogP contribution in [0.15, 0.2) is 12.2 Å². The number of unbranched alkanes of at least 4 members (excludes halogenated alkanes) is 11. The van der Waals surface area contributed by atoms with Gasteiger partial charge >= 0.3 is 121 Å². The standard InChI is InChI=1S/C18H34O2.C2H2O4.2K.2H/c1-2-3-4-5-6-7-8-9-10-11-12-13-14-15-16-17-18(19)20;3-1(4)2(5)6;;;;/h9-10H,2-8,11-17H2,1H3,(H,19,20);(H,3,4)(H,5,6);;;;. The van der Waals surface area contributed by atoms with E-state index >= 15 is 0 Å².